The molecular weight excluding hydrogens is 272 g/mol. The van der Waals surface area contributed by atoms with Gasteiger partial charge in [0.25, 0.3) is 0 Å². The van der Waals surface area contributed by atoms with Crippen LogP contribution in [0.15, 0.2) is 0 Å². The van der Waals surface area contributed by atoms with Crippen molar-refractivity contribution in [2.75, 3.05) is 20.3 Å². The summed E-state index contributed by atoms with van der Waals surface area (Å²) in [4.78, 5) is 0. The van der Waals surface area contributed by atoms with Gasteiger partial charge < -0.3 is 10.1 Å². The number of ether oxygens (including phenoxy) is 1. The van der Waals surface area contributed by atoms with Crippen molar-refractivity contribution in [1.29, 1.82) is 0 Å². The number of hydrogen-bond donors (Lipinski definition) is 0. The molecule has 0 saturated carbocycles. The Kier molecular flexibility index (Phi) is 14.8. The third-order valence-electron chi connectivity index (χ3n) is 3.30. The average molecular weight is 300 g/mol. The predicted molar refractivity (Wildman–Crippen MR) is 67.5 cm³/mol. The van der Waals surface area contributed by atoms with E-state index in [0.29, 0.717) is 5.54 Å². The van der Waals surface area contributed by atoms with E-state index in [9.17, 15) is 0 Å². The number of nitrogens with zero attached hydrogens (tertiary/aromatic N) is 1. The summed E-state index contributed by atoms with van der Waals surface area (Å²) in [7, 11) is 1.78. The summed E-state index contributed by atoms with van der Waals surface area (Å²) in [5.41, 5.74) is 0.291. The van der Waals surface area contributed by atoms with Gasteiger partial charge in [-0.15, -0.1) is 12.1 Å². The third-order valence-corrected chi connectivity index (χ3v) is 3.30. The first-order chi connectivity index (χ1) is 7.29. The largest absolute Gasteiger partial charge is 1.00 e. The van der Waals surface area contributed by atoms with E-state index >= 15 is 0 Å². The average Bonchev–Trinajstić information content (AvgIpc) is 2.26. The summed E-state index contributed by atoms with van der Waals surface area (Å²) in [5, 5.41) is 4.70. The molecule has 0 amide bonds. The Morgan fingerprint density at radius 2 is 1.88 bits per heavy atom. The van der Waals surface area contributed by atoms with E-state index in [0.717, 1.165) is 25.5 Å². The normalized spacial score (nSPS) is 27.2. The Labute approximate surface area is 151 Å². The molecule has 0 aromatic carbocycles. The van der Waals surface area contributed by atoms with E-state index in [2.05, 4.69) is 13.8 Å². The van der Waals surface area contributed by atoms with Crippen molar-refractivity contribution in [2.24, 2.45) is 5.92 Å². The van der Waals surface area contributed by atoms with Gasteiger partial charge in [0.15, 0.2) is 0 Å². The minimum absolute atomic E-state index is 0. The fraction of sp³-hybridized carbons (Fsp3) is 1.00. The zero-order valence-corrected chi connectivity index (χ0v) is 17.1. The van der Waals surface area contributed by atoms with Crippen LogP contribution >= 0.6 is 0 Å². The van der Waals surface area contributed by atoms with E-state index in [1.807, 2.05) is 13.8 Å². The van der Waals surface area contributed by atoms with Gasteiger partial charge in [-0.1, -0.05) is 52.9 Å². The predicted octanol–water partition coefficient (Wildman–Crippen LogP) is 1.01. The van der Waals surface area contributed by atoms with Crippen molar-refractivity contribution in [2.45, 2.75) is 58.9 Å². The Bertz CT molecular complexity index is 153. The van der Waals surface area contributed by atoms with Crippen LogP contribution < -0.4 is 58.2 Å². The van der Waals surface area contributed by atoms with Gasteiger partial charge in [-0.25, -0.2) is 0 Å². The first-order valence-electron chi connectivity index (χ1n) is 6.46. The molecule has 2 atom stereocenters. The maximum atomic E-state index is 5.15. The van der Waals surface area contributed by atoms with Crippen LogP contribution in [-0.2, 0) is 4.74 Å². The molecule has 1 aliphatic heterocycles. The zero-order valence-electron chi connectivity index (χ0n) is 12.2. The molecule has 0 N–H and O–H groups in total. The standard InChI is InChI=1S/C11H22NO.C2H6.Rb/c1-4-6-11(7-8-13-3)10(5-2)9-12-11;1-2;/h10H,4-9H2,1-3H3;1-2H3;/q-1;;+1. The van der Waals surface area contributed by atoms with Gasteiger partial charge in [0, 0.05) is 13.7 Å². The van der Waals surface area contributed by atoms with E-state index < -0.39 is 0 Å². The third kappa shape index (κ3) is 5.58. The number of rotatable bonds is 6. The summed E-state index contributed by atoms with van der Waals surface area (Å²) in [6.07, 6.45) is 4.88. The molecule has 1 saturated heterocycles. The van der Waals surface area contributed by atoms with Crippen LogP contribution in [0.1, 0.15) is 53.4 Å². The van der Waals surface area contributed by atoms with Crippen LogP contribution in [0.25, 0.3) is 5.32 Å². The Morgan fingerprint density at radius 1 is 1.25 bits per heavy atom. The molecular formula is C13H28NORb. The molecule has 0 radical (unpaired) electrons. The molecule has 1 fully saturated rings. The van der Waals surface area contributed by atoms with Crippen LogP contribution in [0.2, 0.25) is 0 Å². The molecule has 2 unspecified atom stereocenters. The summed E-state index contributed by atoms with van der Waals surface area (Å²) >= 11 is 0. The molecule has 2 nitrogen and oxygen atoms in total. The molecule has 1 rings (SSSR count). The molecule has 16 heavy (non-hydrogen) atoms. The SMILES string of the molecule is CC.CCCC1(CCOC)[N-]CC1CC.[Rb+]. The second-order valence-corrected chi connectivity index (χ2v) is 4.04. The molecule has 0 spiro atoms. The fourth-order valence-corrected chi connectivity index (χ4v) is 2.39. The second-order valence-electron chi connectivity index (χ2n) is 4.04. The Morgan fingerprint density at radius 3 is 2.19 bits per heavy atom. The van der Waals surface area contributed by atoms with Gasteiger partial charge in [-0.05, 0) is 6.42 Å². The maximum Gasteiger partial charge on any atom is 1.00 e. The molecule has 92 valence electrons. The van der Waals surface area contributed by atoms with Gasteiger partial charge in [0.05, 0.1) is 0 Å². The van der Waals surface area contributed by atoms with E-state index in [1.54, 1.807) is 7.11 Å². The summed E-state index contributed by atoms with van der Waals surface area (Å²) < 4.78 is 5.15. The zero-order chi connectivity index (χ0) is 11.7. The summed E-state index contributed by atoms with van der Waals surface area (Å²) in [6, 6.07) is 0. The van der Waals surface area contributed by atoms with Crippen LogP contribution in [-0.4, -0.2) is 25.8 Å². The molecule has 0 aliphatic carbocycles. The second kappa shape index (κ2) is 11.8. The molecule has 0 aromatic heterocycles. The number of hydrogen-bond acceptors (Lipinski definition) is 1. The first-order valence-corrected chi connectivity index (χ1v) is 6.46. The minimum atomic E-state index is 0. The van der Waals surface area contributed by atoms with E-state index in [4.69, 9.17) is 10.1 Å². The summed E-state index contributed by atoms with van der Waals surface area (Å²) in [6.45, 7) is 10.5. The molecule has 1 aliphatic rings. The molecule has 0 bridgehead atoms. The van der Waals surface area contributed by atoms with Crippen molar-refractivity contribution < 1.29 is 62.9 Å². The topological polar surface area (TPSA) is 23.3 Å². The van der Waals surface area contributed by atoms with Crippen LogP contribution in [0.5, 0.6) is 0 Å². The van der Waals surface area contributed by atoms with Crippen molar-refractivity contribution in [3.05, 3.63) is 5.32 Å². The van der Waals surface area contributed by atoms with E-state index in [1.165, 1.54) is 19.3 Å². The molecule has 0 aromatic rings. The van der Waals surface area contributed by atoms with Gasteiger partial charge in [-0.2, -0.15) is 0 Å². The Hall–Kier alpha value is 1.73. The van der Waals surface area contributed by atoms with E-state index in [-0.39, 0.29) is 58.2 Å². The van der Waals surface area contributed by atoms with Crippen molar-refractivity contribution in [3.8, 4) is 0 Å². The quantitative estimate of drug-likeness (QED) is 0.718. The van der Waals surface area contributed by atoms with Crippen LogP contribution in [0.4, 0.5) is 0 Å². The monoisotopic (exact) mass is 299 g/mol. The van der Waals surface area contributed by atoms with Crippen molar-refractivity contribution in [3.63, 3.8) is 0 Å². The molecule has 3 heteroatoms. The van der Waals surface area contributed by atoms with Crippen molar-refractivity contribution in [1.82, 2.24) is 0 Å². The van der Waals surface area contributed by atoms with Gasteiger partial charge in [0.2, 0.25) is 0 Å². The first kappa shape index (κ1) is 20.1. The summed E-state index contributed by atoms with van der Waals surface area (Å²) in [5.74, 6) is 0.822. The smallest absolute Gasteiger partial charge is 0.656 e. The van der Waals surface area contributed by atoms with Gasteiger partial charge in [-0.3, -0.25) is 0 Å². The van der Waals surface area contributed by atoms with Gasteiger partial charge in [0.1, 0.15) is 0 Å². The van der Waals surface area contributed by atoms with Crippen molar-refractivity contribution >= 4 is 0 Å². The Balaban J connectivity index is 0. The van der Waals surface area contributed by atoms with Gasteiger partial charge >= 0.3 is 58.2 Å². The number of methoxy groups -OCH3 is 1. The maximum absolute atomic E-state index is 5.15. The van der Waals surface area contributed by atoms with Crippen LogP contribution in [0, 0.1) is 5.92 Å². The van der Waals surface area contributed by atoms with Crippen LogP contribution in [0.3, 0.4) is 0 Å². The molecule has 1 heterocycles. The fourth-order valence-electron chi connectivity index (χ4n) is 2.39. The minimum Gasteiger partial charge on any atom is -0.656 e.